The van der Waals surface area contributed by atoms with E-state index in [1.165, 1.54) is 283 Å². The molecule has 74 heavy (non-hydrogen) atoms. The summed E-state index contributed by atoms with van der Waals surface area (Å²) in [7, 11) is 0. The Labute approximate surface area is 462 Å². The highest BCUT2D eigenvalue weighted by Crippen LogP contribution is 2.19. The fraction of sp³-hybridized carbons (Fsp3) is 0.912. The van der Waals surface area contributed by atoms with Gasteiger partial charge in [0, 0.05) is 12.8 Å². The van der Waals surface area contributed by atoms with Crippen molar-refractivity contribution >= 4 is 11.9 Å². The molecule has 0 aromatic carbocycles. The first-order valence-corrected chi connectivity index (χ1v) is 33.6. The number of unbranched alkanes of at least 4 members (excludes halogenated alkanes) is 48. The van der Waals surface area contributed by atoms with Crippen LogP contribution in [0.25, 0.3) is 0 Å². The highest BCUT2D eigenvalue weighted by atomic mass is 16.5. The van der Waals surface area contributed by atoms with Crippen LogP contribution in [0.4, 0.5) is 0 Å². The van der Waals surface area contributed by atoms with Crippen LogP contribution in [0.1, 0.15) is 373 Å². The first kappa shape index (κ1) is 72.3. The van der Waals surface area contributed by atoms with E-state index in [-0.39, 0.29) is 18.5 Å². The molecule has 0 bridgehead atoms. The Hall–Kier alpha value is -1.66. The van der Waals surface area contributed by atoms with Crippen molar-refractivity contribution in [2.24, 2.45) is 0 Å². The number of allylic oxidation sites excluding steroid dienone is 4. The molecule has 0 fully saturated rings. The molecule has 1 amide bonds. The molecule has 0 spiro atoms. The summed E-state index contributed by atoms with van der Waals surface area (Å²) in [6, 6.07) is -0.550. The van der Waals surface area contributed by atoms with Gasteiger partial charge < -0.3 is 20.3 Å². The largest absolute Gasteiger partial charge is 0.466 e. The van der Waals surface area contributed by atoms with Crippen LogP contribution in [0, 0.1) is 0 Å². The van der Waals surface area contributed by atoms with E-state index >= 15 is 0 Å². The van der Waals surface area contributed by atoms with Gasteiger partial charge in [0.15, 0.2) is 0 Å². The molecule has 0 rings (SSSR count). The number of amides is 1. The standard InChI is InChI=1S/C68H131NO5/c1-3-5-7-9-11-13-15-17-19-21-23-24-25-26-28-29-32-36-40-44-48-52-56-60-66(71)65(64-70)69-67(72)61-57-53-49-45-41-37-33-31-35-39-43-47-51-55-59-63-74-68(73)62-58-54-50-46-42-38-34-30-27-22-20-18-16-14-12-10-8-6-4-2/h12,14,18,20,65-66,70-71H,3-11,13,15-17,19,21-64H2,1-2H3,(H,69,72)/b14-12-,20-18-. The van der Waals surface area contributed by atoms with E-state index in [0.29, 0.717) is 25.9 Å². The lowest BCUT2D eigenvalue weighted by atomic mass is 10.0. The molecule has 6 heteroatoms. The van der Waals surface area contributed by atoms with Gasteiger partial charge in [0.1, 0.15) is 0 Å². The van der Waals surface area contributed by atoms with Crippen molar-refractivity contribution in [2.75, 3.05) is 13.2 Å². The summed E-state index contributed by atoms with van der Waals surface area (Å²) in [5.41, 5.74) is 0. The second-order valence-corrected chi connectivity index (χ2v) is 23.2. The molecular formula is C68H131NO5. The number of carbonyl (C=O) groups is 2. The number of esters is 1. The molecule has 0 saturated carbocycles. The predicted molar refractivity (Wildman–Crippen MR) is 324 cm³/mol. The van der Waals surface area contributed by atoms with Crippen LogP contribution in [0.15, 0.2) is 24.3 Å². The molecule has 2 atom stereocenters. The van der Waals surface area contributed by atoms with Crippen molar-refractivity contribution < 1.29 is 24.5 Å². The predicted octanol–water partition coefficient (Wildman–Crippen LogP) is 21.4. The SMILES string of the molecule is CCCCC/C=C\C/C=C\CCCCCCCCCCCC(=O)OCCCCCCCCCCCCCCCCCC(=O)NC(CO)C(O)CCCCCCCCCCCCCCCCCCCCCCCCC. The van der Waals surface area contributed by atoms with Crippen LogP contribution in [0.5, 0.6) is 0 Å². The average molecular weight is 1040 g/mol. The number of aliphatic hydroxyl groups excluding tert-OH is 2. The first-order chi connectivity index (χ1) is 36.5. The minimum atomic E-state index is -0.672. The topological polar surface area (TPSA) is 95.9 Å². The summed E-state index contributed by atoms with van der Waals surface area (Å²) in [6.45, 7) is 4.94. The normalized spacial score (nSPS) is 12.6. The van der Waals surface area contributed by atoms with Crippen molar-refractivity contribution in [3.05, 3.63) is 24.3 Å². The number of hydrogen-bond donors (Lipinski definition) is 3. The molecule has 0 heterocycles. The zero-order valence-corrected chi connectivity index (χ0v) is 50.1. The quantitative estimate of drug-likeness (QED) is 0.0320. The third-order valence-electron chi connectivity index (χ3n) is 15.8. The number of nitrogens with one attached hydrogen (secondary N) is 1. The van der Waals surface area contributed by atoms with Crippen LogP contribution in [0.2, 0.25) is 0 Å². The fourth-order valence-corrected chi connectivity index (χ4v) is 10.6. The van der Waals surface area contributed by atoms with Gasteiger partial charge in [-0.2, -0.15) is 0 Å². The monoisotopic (exact) mass is 1040 g/mol. The summed E-state index contributed by atoms with van der Waals surface area (Å²) >= 11 is 0. The maximum absolute atomic E-state index is 12.5. The number of hydrogen-bond acceptors (Lipinski definition) is 5. The molecule has 6 nitrogen and oxygen atoms in total. The highest BCUT2D eigenvalue weighted by molar-refractivity contribution is 5.76. The third-order valence-corrected chi connectivity index (χ3v) is 15.8. The van der Waals surface area contributed by atoms with Crippen LogP contribution in [0.3, 0.4) is 0 Å². The molecule has 0 radical (unpaired) electrons. The maximum Gasteiger partial charge on any atom is 0.305 e. The maximum atomic E-state index is 12.5. The van der Waals surface area contributed by atoms with E-state index in [0.717, 1.165) is 57.8 Å². The van der Waals surface area contributed by atoms with E-state index in [4.69, 9.17) is 4.74 Å². The van der Waals surface area contributed by atoms with Gasteiger partial charge in [-0.1, -0.05) is 327 Å². The molecule has 0 aliphatic rings. The number of rotatable bonds is 63. The summed E-state index contributed by atoms with van der Waals surface area (Å²) in [5.74, 6) is -0.0412. The molecule has 438 valence electrons. The molecule has 0 aliphatic carbocycles. The number of aliphatic hydroxyl groups is 2. The summed E-state index contributed by atoms with van der Waals surface area (Å²) in [5, 5.41) is 23.4. The van der Waals surface area contributed by atoms with E-state index in [9.17, 15) is 19.8 Å². The van der Waals surface area contributed by atoms with Crippen LogP contribution in [-0.4, -0.2) is 47.4 Å². The molecule has 0 aromatic heterocycles. The van der Waals surface area contributed by atoms with Gasteiger partial charge in [0.05, 0.1) is 25.4 Å². The van der Waals surface area contributed by atoms with Crippen LogP contribution in [-0.2, 0) is 14.3 Å². The lowest BCUT2D eigenvalue weighted by Gasteiger charge is -2.22. The summed E-state index contributed by atoms with van der Waals surface area (Å²) in [6.07, 6.45) is 79.1. The number of carbonyl (C=O) groups excluding carboxylic acids is 2. The van der Waals surface area contributed by atoms with E-state index in [1.54, 1.807) is 0 Å². The van der Waals surface area contributed by atoms with Gasteiger partial charge in [0.2, 0.25) is 5.91 Å². The molecular weight excluding hydrogens is 911 g/mol. The zero-order valence-electron chi connectivity index (χ0n) is 50.1. The summed E-state index contributed by atoms with van der Waals surface area (Å²) < 4.78 is 5.50. The molecule has 0 saturated heterocycles. The van der Waals surface area contributed by atoms with Crippen LogP contribution < -0.4 is 5.32 Å². The van der Waals surface area contributed by atoms with Gasteiger partial charge in [0.25, 0.3) is 0 Å². The molecule has 3 N–H and O–H groups in total. The second kappa shape index (κ2) is 63.9. The van der Waals surface area contributed by atoms with Gasteiger partial charge in [-0.25, -0.2) is 0 Å². The Morgan fingerprint density at radius 2 is 0.676 bits per heavy atom. The van der Waals surface area contributed by atoms with Gasteiger partial charge >= 0.3 is 5.97 Å². The lowest BCUT2D eigenvalue weighted by Crippen LogP contribution is -2.45. The lowest BCUT2D eigenvalue weighted by molar-refractivity contribution is -0.143. The molecule has 2 unspecified atom stereocenters. The average Bonchev–Trinajstić information content (AvgIpc) is 3.40. The Balaban J connectivity index is 3.41. The Morgan fingerprint density at radius 3 is 1.05 bits per heavy atom. The Kier molecular flexibility index (Phi) is 62.4. The van der Waals surface area contributed by atoms with Crippen molar-refractivity contribution in [2.45, 2.75) is 386 Å². The molecule has 0 aliphatic heterocycles. The van der Waals surface area contributed by atoms with Crippen molar-refractivity contribution in [3.8, 4) is 0 Å². The van der Waals surface area contributed by atoms with Crippen molar-refractivity contribution in [1.29, 1.82) is 0 Å². The first-order valence-electron chi connectivity index (χ1n) is 33.6. The zero-order chi connectivity index (χ0) is 53.6. The molecule has 0 aromatic rings. The fourth-order valence-electron chi connectivity index (χ4n) is 10.6. The van der Waals surface area contributed by atoms with Gasteiger partial charge in [-0.05, 0) is 57.8 Å². The second-order valence-electron chi connectivity index (χ2n) is 23.2. The van der Waals surface area contributed by atoms with Gasteiger partial charge in [-0.15, -0.1) is 0 Å². The van der Waals surface area contributed by atoms with Crippen LogP contribution >= 0.6 is 0 Å². The highest BCUT2D eigenvalue weighted by Gasteiger charge is 2.20. The Morgan fingerprint density at radius 1 is 0.378 bits per heavy atom. The van der Waals surface area contributed by atoms with Crippen molar-refractivity contribution in [1.82, 2.24) is 5.32 Å². The van der Waals surface area contributed by atoms with Gasteiger partial charge in [-0.3, -0.25) is 9.59 Å². The smallest absolute Gasteiger partial charge is 0.305 e. The van der Waals surface area contributed by atoms with E-state index < -0.39 is 12.1 Å². The summed E-state index contributed by atoms with van der Waals surface area (Å²) in [4.78, 5) is 24.7. The third kappa shape index (κ3) is 59.6. The van der Waals surface area contributed by atoms with E-state index in [2.05, 4.69) is 43.5 Å². The Bertz CT molecular complexity index is 1150. The minimum Gasteiger partial charge on any atom is -0.466 e. The van der Waals surface area contributed by atoms with Crippen molar-refractivity contribution in [3.63, 3.8) is 0 Å². The minimum absolute atomic E-state index is 0.00182. The number of ether oxygens (including phenoxy) is 1. The van der Waals surface area contributed by atoms with E-state index in [1.807, 2.05) is 0 Å².